The number of sulfonamides is 1. The Hall–Kier alpha value is -2.74. The number of hydrogen-bond donors (Lipinski definition) is 2. The third-order valence-corrected chi connectivity index (χ3v) is 4.76. The van der Waals surface area contributed by atoms with Crippen LogP contribution < -0.4 is 14.2 Å². The van der Waals surface area contributed by atoms with Crippen molar-refractivity contribution in [3.8, 4) is 11.5 Å². The predicted molar refractivity (Wildman–Crippen MR) is 88.5 cm³/mol. The lowest BCUT2D eigenvalue weighted by atomic mass is 10.1. The molecule has 24 heavy (non-hydrogen) atoms. The average Bonchev–Trinajstić information content (AvgIpc) is 2.55. The molecule has 0 spiro atoms. The van der Waals surface area contributed by atoms with Crippen molar-refractivity contribution in [1.29, 1.82) is 0 Å². The lowest BCUT2D eigenvalue weighted by Crippen LogP contribution is -2.15. The van der Waals surface area contributed by atoms with Crippen LogP contribution in [0.15, 0.2) is 41.3 Å². The maximum Gasteiger partial charge on any atom is 0.335 e. The van der Waals surface area contributed by atoms with Crippen LogP contribution in [0.25, 0.3) is 0 Å². The fourth-order valence-corrected chi connectivity index (χ4v) is 3.42. The van der Waals surface area contributed by atoms with Crippen LogP contribution in [0.3, 0.4) is 0 Å². The van der Waals surface area contributed by atoms with Gasteiger partial charge in [-0.1, -0.05) is 0 Å². The van der Waals surface area contributed by atoms with Crippen LogP contribution in [0.1, 0.15) is 15.9 Å². The number of aryl methyl sites for hydroxylation is 1. The Morgan fingerprint density at radius 3 is 2.33 bits per heavy atom. The number of rotatable bonds is 6. The SMILES string of the molecule is COc1ccc(OC)c(S(=O)(=O)Nc2ccc(C(=O)O)cc2C)c1. The van der Waals surface area contributed by atoms with Crippen LogP contribution in [-0.4, -0.2) is 33.7 Å². The third kappa shape index (κ3) is 3.60. The van der Waals surface area contributed by atoms with Gasteiger partial charge in [0.15, 0.2) is 0 Å². The molecule has 0 fully saturated rings. The summed E-state index contributed by atoms with van der Waals surface area (Å²) < 4.78 is 37.9. The van der Waals surface area contributed by atoms with Crippen molar-refractivity contribution in [2.45, 2.75) is 11.8 Å². The molecule has 0 atom stereocenters. The average molecular weight is 351 g/mol. The van der Waals surface area contributed by atoms with Crippen molar-refractivity contribution < 1.29 is 27.8 Å². The highest BCUT2D eigenvalue weighted by molar-refractivity contribution is 7.92. The number of nitrogens with one attached hydrogen (secondary N) is 1. The molecule has 8 heteroatoms. The summed E-state index contributed by atoms with van der Waals surface area (Å²) in [4.78, 5) is 10.9. The van der Waals surface area contributed by atoms with Gasteiger partial charge in [-0.2, -0.15) is 0 Å². The smallest absolute Gasteiger partial charge is 0.335 e. The first kappa shape index (κ1) is 17.6. The summed E-state index contributed by atoms with van der Waals surface area (Å²) in [7, 11) is -1.15. The molecule has 0 aromatic heterocycles. The van der Waals surface area contributed by atoms with E-state index < -0.39 is 16.0 Å². The quantitative estimate of drug-likeness (QED) is 0.829. The molecule has 0 aliphatic rings. The van der Waals surface area contributed by atoms with Gasteiger partial charge in [0.2, 0.25) is 0 Å². The molecule has 0 aliphatic heterocycles. The fourth-order valence-electron chi connectivity index (χ4n) is 2.10. The fraction of sp³-hybridized carbons (Fsp3) is 0.188. The van der Waals surface area contributed by atoms with Gasteiger partial charge in [0.25, 0.3) is 10.0 Å². The van der Waals surface area contributed by atoms with Crippen molar-refractivity contribution >= 4 is 21.7 Å². The van der Waals surface area contributed by atoms with Gasteiger partial charge < -0.3 is 14.6 Å². The second-order valence-electron chi connectivity index (χ2n) is 4.96. The lowest BCUT2D eigenvalue weighted by molar-refractivity contribution is 0.0697. The minimum Gasteiger partial charge on any atom is -0.497 e. The first-order valence-electron chi connectivity index (χ1n) is 6.87. The summed E-state index contributed by atoms with van der Waals surface area (Å²) in [5.74, 6) is -0.542. The lowest BCUT2D eigenvalue weighted by Gasteiger charge is -2.14. The Morgan fingerprint density at radius 2 is 1.79 bits per heavy atom. The molecule has 0 unspecified atom stereocenters. The molecular weight excluding hydrogens is 334 g/mol. The second-order valence-corrected chi connectivity index (χ2v) is 6.61. The van der Waals surface area contributed by atoms with E-state index in [4.69, 9.17) is 14.6 Å². The van der Waals surface area contributed by atoms with Crippen molar-refractivity contribution in [3.05, 3.63) is 47.5 Å². The summed E-state index contributed by atoms with van der Waals surface area (Å²) in [6, 6.07) is 8.56. The van der Waals surface area contributed by atoms with Crippen molar-refractivity contribution in [1.82, 2.24) is 0 Å². The van der Waals surface area contributed by atoms with Gasteiger partial charge in [-0.15, -0.1) is 0 Å². The van der Waals surface area contributed by atoms with Crippen molar-refractivity contribution in [3.63, 3.8) is 0 Å². The Kier molecular flexibility index (Phi) is 4.99. The molecule has 0 heterocycles. The minimum absolute atomic E-state index is 0.0777. The topological polar surface area (TPSA) is 102 Å². The van der Waals surface area contributed by atoms with Gasteiger partial charge >= 0.3 is 5.97 Å². The normalized spacial score (nSPS) is 11.0. The number of carboxylic acid groups (broad SMARTS) is 1. The number of hydrogen-bond acceptors (Lipinski definition) is 5. The molecule has 0 bridgehead atoms. The summed E-state index contributed by atoms with van der Waals surface area (Å²) in [6.45, 7) is 1.62. The van der Waals surface area contributed by atoms with Crippen LogP contribution in [0.4, 0.5) is 5.69 Å². The Balaban J connectivity index is 2.44. The maximum absolute atomic E-state index is 12.7. The van der Waals surface area contributed by atoms with Gasteiger partial charge in [0.05, 0.1) is 25.5 Å². The Morgan fingerprint density at radius 1 is 1.08 bits per heavy atom. The molecule has 128 valence electrons. The highest BCUT2D eigenvalue weighted by Gasteiger charge is 2.21. The molecule has 0 aliphatic carbocycles. The molecule has 0 saturated heterocycles. The molecule has 0 radical (unpaired) electrons. The standard InChI is InChI=1S/C16H17NO6S/c1-10-8-11(16(18)19)4-6-13(10)17-24(20,21)15-9-12(22-2)5-7-14(15)23-3/h4-9,17H,1-3H3,(H,18,19). The zero-order valence-electron chi connectivity index (χ0n) is 13.4. The van der Waals surface area contributed by atoms with E-state index in [0.717, 1.165) is 0 Å². The molecule has 2 N–H and O–H groups in total. The van der Waals surface area contributed by atoms with Crippen LogP contribution in [-0.2, 0) is 10.0 Å². The third-order valence-electron chi connectivity index (χ3n) is 3.38. The number of ether oxygens (including phenoxy) is 2. The summed E-state index contributed by atoms with van der Waals surface area (Å²) in [5, 5.41) is 8.97. The summed E-state index contributed by atoms with van der Waals surface area (Å²) in [6.07, 6.45) is 0. The zero-order valence-corrected chi connectivity index (χ0v) is 14.2. The molecule has 2 aromatic carbocycles. The minimum atomic E-state index is -3.95. The monoisotopic (exact) mass is 351 g/mol. The molecule has 2 rings (SSSR count). The highest BCUT2D eigenvalue weighted by atomic mass is 32.2. The molecule has 7 nitrogen and oxygen atoms in total. The number of benzene rings is 2. The van der Waals surface area contributed by atoms with Gasteiger partial charge in [-0.05, 0) is 42.8 Å². The first-order valence-corrected chi connectivity index (χ1v) is 8.35. The van der Waals surface area contributed by atoms with Gasteiger partial charge in [-0.3, -0.25) is 4.72 Å². The summed E-state index contributed by atoms with van der Waals surface area (Å²) >= 11 is 0. The maximum atomic E-state index is 12.7. The van der Waals surface area contributed by atoms with E-state index >= 15 is 0 Å². The van der Waals surface area contributed by atoms with E-state index in [0.29, 0.717) is 11.3 Å². The summed E-state index contributed by atoms with van der Waals surface area (Å²) in [5.41, 5.74) is 0.847. The molecule has 0 saturated carbocycles. The van der Waals surface area contributed by atoms with Crippen LogP contribution in [0.5, 0.6) is 11.5 Å². The molecule has 2 aromatic rings. The van der Waals surface area contributed by atoms with Crippen LogP contribution in [0.2, 0.25) is 0 Å². The van der Waals surface area contributed by atoms with E-state index in [1.165, 1.54) is 44.6 Å². The van der Waals surface area contributed by atoms with Crippen molar-refractivity contribution in [2.24, 2.45) is 0 Å². The van der Waals surface area contributed by atoms with Gasteiger partial charge in [-0.25, -0.2) is 13.2 Å². The number of anilines is 1. The van der Waals surface area contributed by atoms with E-state index in [9.17, 15) is 13.2 Å². The second kappa shape index (κ2) is 6.79. The predicted octanol–water partition coefficient (Wildman–Crippen LogP) is 2.51. The van der Waals surface area contributed by atoms with Crippen molar-refractivity contribution in [2.75, 3.05) is 18.9 Å². The van der Waals surface area contributed by atoms with E-state index in [-0.39, 0.29) is 21.9 Å². The number of carbonyl (C=O) groups is 1. The highest BCUT2D eigenvalue weighted by Crippen LogP contribution is 2.30. The number of methoxy groups -OCH3 is 2. The van der Waals surface area contributed by atoms with E-state index in [1.54, 1.807) is 13.0 Å². The van der Waals surface area contributed by atoms with E-state index in [2.05, 4.69) is 4.72 Å². The van der Waals surface area contributed by atoms with E-state index in [1.807, 2.05) is 0 Å². The van der Waals surface area contributed by atoms with Gasteiger partial charge in [0, 0.05) is 6.07 Å². The molecule has 0 amide bonds. The number of aromatic carboxylic acids is 1. The Bertz CT molecular complexity index is 876. The first-order chi connectivity index (χ1) is 11.3. The zero-order chi connectivity index (χ0) is 17.9. The Labute approximate surface area is 139 Å². The largest absolute Gasteiger partial charge is 0.497 e. The van der Waals surface area contributed by atoms with Crippen LogP contribution >= 0.6 is 0 Å². The molecular formula is C16H17NO6S. The van der Waals surface area contributed by atoms with Gasteiger partial charge in [0.1, 0.15) is 16.4 Å². The number of carboxylic acids is 1. The van der Waals surface area contributed by atoms with Crippen LogP contribution in [0, 0.1) is 6.92 Å².